The summed E-state index contributed by atoms with van der Waals surface area (Å²) in [6.07, 6.45) is 0.479. The second-order valence-electron chi connectivity index (χ2n) is 8.69. The van der Waals surface area contributed by atoms with Gasteiger partial charge in [0.05, 0.1) is 23.6 Å². The van der Waals surface area contributed by atoms with Crippen LogP contribution < -0.4 is 10.2 Å². The monoisotopic (exact) mass is 426 g/mol. The molecule has 0 saturated carbocycles. The topological polar surface area (TPSA) is 59.4 Å². The van der Waals surface area contributed by atoms with E-state index < -0.39 is 5.60 Å². The fourth-order valence-electron chi connectivity index (χ4n) is 3.77. The lowest BCUT2D eigenvalue weighted by Gasteiger charge is -2.22. The lowest BCUT2D eigenvalue weighted by molar-refractivity contribution is 0.0509. The van der Waals surface area contributed by atoms with E-state index >= 15 is 0 Å². The average Bonchev–Trinajstić information content (AvgIpc) is 3.27. The van der Waals surface area contributed by atoms with Gasteiger partial charge in [-0.15, -0.1) is 0 Å². The number of anilines is 1. The third kappa shape index (κ3) is 4.70. The molecule has 1 saturated heterocycles. The number of benzene rings is 2. The SMILES string of the molecule is CC(C)(C)OC(=O)N[C@@H]1CCN(c2nc3ccccc3n2Cc2ccc(Cl)cc2)C1. The molecule has 4 rings (SSSR count). The largest absolute Gasteiger partial charge is 0.444 e. The van der Waals surface area contributed by atoms with Crippen LogP contribution in [0.2, 0.25) is 5.02 Å². The number of nitrogens with one attached hydrogen (secondary N) is 1. The van der Waals surface area contributed by atoms with Crippen LogP contribution in [0.5, 0.6) is 0 Å². The van der Waals surface area contributed by atoms with E-state index in [1.165, 1.54) is 0 Å². The van der Waals surface area contributed by atoms with Crippen LogP contribution in [0.4, 0.5) is 10.7 Å². The van der Waals surface area contributed by atoms with Gasteiger partial charge in [0.2, 0.25) is 5.95 Å². The summed E-state index contributed by atoms with van der Waals surface area (Å²) in [7, 11) is 0. The Hall–Kier alpha value is -2.73. The first-order chi connectivity index (χ1) is 14.3. The van der Waals surface area contributed by atoms with Crippen LogP contribution in [-0.2, 0) is 11.3 Å². The summed E-state index contributed by atoms with van der Waals surface area (Å²) in [5, 5.41) is 3.72. The molecule has 0 aliphatic carbocycles. The minimum atomic E-state index is -0.505. The number of nitrogens with zero attached hydrogens (tertiary/aromatic N) is 3. The highest BCUT2D eigenvalue weighted by Crippen LogP contribution is 2.27. The first kappa shape index (κ1) is 20.5. The number of fused-ring (bicyclic) bond motifs is 1. The number of para-hydroxylation sites is 2. The van der Waals surface area contributed by atoms with E-state index in [2.05, 4.69) is 20.9 Å². The normalized spacial score (nSPS) is 16.8. The molecule has 0 radical (unpaired) electrons. The Morgan fingerprint density at radius 3 is 2.67 bits per heavy atom. The Bertz CT molecular complexity index is 1040. The molecule has 2 aromatic carbocycles. The molecule has 0 unspecified atom stereocenters. The lowest BCUT2D eigenvalue weighted by atomic mass is 10.2. The number of hydrogen-bond donors (Lipinski definition) is 1. The maximum Gasteiger partial charge on any atom is 0.407 e. The van der Waals surface area contributed by atoms with E-state index in [0.717, 1.165) is 40.5 Å². The number of halogens is 1. The summed E-state index contributed by atoms with van der Waals surface area (Å²) in [6.45, 7) is 7.83. The molecule has 1 fully saturated rings. The van der Waals surface area contributed by atoms with Gasteiger partial charge in [-0.05, 0) is 57.0 Å². The fourth-order valence-corrected chi connectivity index (χ4v) is 3.89. The van der Waals surface area contributed by atoms with Crippen LogP contribution in [0.25, 0.3) is 11.0 Å². The molecule has 0 spiro atoms. The number of carbonyl (C=O) groups is 1. The maximum atomic E-state index is 12.2. The van der Waals surface area contributed by atoms with Gasteiger partial charge in [-0.2, -0.15) is 0 Å². The van der Waals surface area contributed by atoms with Crippen molar-refractivity contribution >= 4 is 34.7 Å². The smallest absolute Gasteiger partial charge is 0.407 e. The van der Waals surface area contributed by atoms with Crippen molar-refractivity contribution in [1.29, 1.82) is 0 Å². The molecular weight excluding hydrogens is 400 g/mol. The third-order valence-corrected chi connectivity index (χ3v) is 5.33. The third-order valence-electron chi connectivity index (χ3n) is 5.08. The zero-order valence-electron chi connectivity index (χ0n) is 17.6. The number of aromatic nitrogens is 2. The number of carbonyl (C=O) groups excluding carboxylic acids is 1. The first-order valence-corrected chi connectivity index (χ1v) is 10.6. The minimum absolute atomic E-state index is 0.0312. The summed E-state index contributed by atoms with van der Waals surface area (Å²) in [5.74, 6) is 0.916. The predicted octanol–water partition coefficient (Wildman–Crippen LogP) is 4.84. The number of ether oxygens (including phenoxy) is 1. The minimum Gasteiger partial charge on any atom is -0.444 e. The molecule has 1 aromatic heterocycles. The van der Waals surface area contributed by atoms with E-state index in [9.17, 15) is 4.79 Å². The molecule has 1 amide bonds. The summed E-state index contributed by atoms with van der Waals surface area (Å²) in [4.78, 5) is 19.3. The van der Waals surface area contributed by atoms with Crippen molar-refractivity contribution in [2.75, 3.05) is 18.0 Å². The summed E-state index contributed by atoms with van der Waals surface area (Å²) in [5.41, 5.74) is 2.71. The van der Waals surface area contributed by atoms with E-state index in [-0.39, 0.29) is 12.1 Å². The van der Waals surface area contributed by atoms with Crippen molar-refractivity contribution < 1.29 is 9.53 Å². The van der Waals surface area contributed by atoms with Crippen molar-refractivity contribution in [3.63, 3.8) is 0 Å². The molecule has 1 aliphatic rings. The number of hydrogen-bond acceptors (Lipinski definition) is 4. The van der Waals surface area contributed by atoms with E-state index in [4.69, 9.17) is 21.3 Å². The highest BCUT2D eigenvalue weighted by atomic mass is 35.5. The molecule has 3 aromatic rings. The van der Waals surface area contributed by atoms with Gasteiger partial charge in [0, 0.05) is 18.1 Å². The molecular formula is C23H27ClN4O2. The van der Waals surface area contributed by atoms with Crippen molar-refractivity contribution in [1.82, 2.24) is 14.9 Å². The van der Waals surface area contributed by atoms with Gasteiger partial charge < -0.3 is 19.5 Å². The summed E-state index contributed by atoms with van der Waals surface area (Å²) < 4.78 is 7.63. The zero-order valence-corrected chi connectivity index (χ0v) is 18.3. The Morgan fingerprint density at radius 1 is 1.20 bits per heavy atom. The molecule has 6 nitrogen and oxygen atoms in total. The van der Waals surface area contributed by atoms with E-state index in [1.807, 2.05) is 63.2 Å². The Labute approximate surface area is 181 Å². The highest BCUT2D eigenvalue weighted by molar-refractivity contribution is 6.30. The second kappa shape index (κ2) is 8.19. The Balaban J connectivity index is 1.55. The first-order valence-electron chi connectivity index (χ1n) is 10.2. The van der Waals surface area contributed by atoms with Crippen molar-refractivity contribution in [3.8, 4) is 0 Å². The molecule has 1 atom stereocenters. The molecule has 30 heavy (non-hydrogen) atoms. The van der Waals surface area contributed by atoms with Crippen molar-refractivity contribution in [2.45, 2.75) is 45.4 Å². The quantitative estimate of drug-likeness (QED) is 0.648. The van der Waals surface area contributed by atoms with Crippen LogP contribution in [0.15, 0.2) is 48.5 Å². The number of amides is 1. The van der Waals surface area contributed by atoms with Gasteiger partial charge in [0.1, 0.15) is 5.60 Å². The molecule has 7 heteroatoms. The highest BCUT2D eigenvalue weighted by Gasteiger charge is 2.29. The van der Waals surface area contributed by atoms with Crippen LogP contribution in [0.3, 0.4) is 0 Å². The van der Waals surface area contributed by atoms with Crippen LogP contribution >= 0.6 is 11.6 Å². The second-order valence-corrected chi connectivity index (χ2v) is 9.13. The Kier molecular flexibility index (Phi) is 5.60. The van der Waals surface area contributed by atoms with Gasteiger partial charge in [0.25, 0.3) is 0 Å². The van der Waals surface area contributed by atoms with Gasteiger partial charge in [-0.1, -0.05) is 35.9 Å². The fraction of sp³-hybridized carbons (Fsp3) is 0.391. The zero-order chi connectivity index (χ0) is 21.3. The van der Waals surface area contributed by atoms with Crippen LogP contribution in [0.1, 0.15) is 32.8 Å². The Morgan fingerprint density at radius 2 is 1.93 bits per heavy atom. The average molecular weight is 427 g/mol. The molecule has 0 bridgehead atoms. The number of imidazole rings is 1. The molecule has 1 aliphatic heterocycles. The maximum absolute atomic E-state index is 12.2. The summed E-state index contributed by atoms with van der Waals surface area (Å²) in [6, 6.07) is 16.1. The van der Waals surface area contributed by atoms with Gasteiger partial charge in [-0.25, -0.2) is 9.78 Å². The molecule has 1 N–H and O–H groups in total. The van der Waals surface area contributed by atoms with Gasteiger partial charge in [-0.3, -0.25) is 0 Å². The molecule has 2 heterocycles. The summed E-state index contributed by atoms with van der Waals surface area (Å²) >= 11 is 6.05. The van der Waals surface area contributed by atoms with Crippen molar-refractivity contribution in [3.05, 3.63) is 59.1 Å². The van der Waals surface area contributed by atoms with Gasteiger partial charge in [0.15, 0.2) is 0 Å². The molecule has 158 valence electrons. The van der Waals surface area contributed by atoms with Gasteiger partial charge >= 0.3 is 6.09 Å². The van der Waals surface area contributed by atoms with E-state index in [1.54, 1.807) is 0 Å². The van der Waals surface area contributed by atoms with Crippen molar-refractivity contribution in [2.24, 2.45) is 0 Å². The lowest BCUT2D eigenvalue weighted by Crippen LogP contribution is -2.40. The van der Waals surface area contributed by atoms with Crippen LogP contribution in [0, 0.1) is 0 Å². The standard InChI is InChI=1S/C23H27ClN4O2/c1-23(2,3)30-22(29)25-18-12-13-27(15-18)21-26-19-6-4-5-7-20(19)28(21)14-16-8-10-17(24)11-9-16/h4-11,18H,12-15H2,1-3H3,(H,25,29)/t18-/m1/s1. The van der Waals surface area contributed by atoms with E-state index in [0.29, 0.717) is 13.1 Å². The number of alkyl carbamates (subject to hydrolysis) is 1. The van der Waals surface area contributed by atoms with Crippen LogP contribution in [-0.4, -0.2) is 40.4 Å². The predicted molar refractivity (Wildman–Crippen MR) is 120 cm³/mol. The number of rotatable bonds is 4.